The number of nitrogens with zero attached hydrogens (tertiary/aromatic N) is 2. The highest BCUT2D eigenvalue weighted by Crippen LogP contribution is 2.34. The number of ether oxygens (including phenoxy) is 1. The molecule has 2 aromatic carbocycles. The molecule has 104 valence electrons. The summed E-state index contributed by atoms with van der Waals surface area (Å²) in [6.45, 7) is 0. The number of carboxylic acid groups (broad SMARTS) is 1. The molecule has 0 saturated heterocycles. The van der Waals surface area contributed by atoms with E-state index in [1.54, 1.807) is 12.1 Å². The van der Waals surface area contributed by atoms with E-state index in [-0.39, 0.29) is 11.5 Å². The molecule has 0 heterocycles. The van der Waals surface area contributed by atoms with Crippen LogP contribution >= 0.6 is 0 Å². The van der Waals surface area contributed by atoms with Crippen molar-refractivity contribution < 1.29 is 19.6 Å². The standard InChI is InChI=1S/C14H8N2O5/c15-8-9-3-1-4-10(7-9)21-12-6-2-5-11(14(17)18)13(12)16(19)20/h1-7H,(H,17,18). The van der Waals surface area contributed by atoms with Crippen LogP contribution in [0.4, 0.5) is 5.69 Å². The van der Waals surface area contributed by atoms with Crippen LogP contribution in [0.2, 0.25) is 0 Å². The van der Waals surface area contributed by atoms with Gasteiger partial charge < -0.3 is 9.84 Å². The Morgan fingerprint density at radius 1 is 1.29 bits per heavy atom. The lowest BCUT2D eigenvalue weighted by atomic mass is 10.1. The summed E-state index contributed by atoms with van der Waals surface area (Å²) in [6, 6.07) is 11.7. The van der Waals surface area contributed by atoms with Gasteiger partial charge in [-0.25, -0.2) is 4.79 Å². The fraction of sp³-hybridized carbons (Fsp3) is 0. The molecule has 2 rings (SSSR count). The minimum atomic E-state index is -1.42. The Kier molecular flexibility index (Phi) is 3.81. The van der Waals surface area contributed by atoms with E-state index in [1.807, 2.05) is 6.07 Å². The van der Waals surface area contributed by atoms with Crippen LogP contribution in [0.1, 0.15) is 15.9 Å². The maximum absolute atomic E-state index is 11.1. The Hall–Kier alpha value is -3.40. The van der Waals surface area contributed by atoms with Crippen LogP contribution in [-0.4, -0.2) is 16.0 Å². The topological polar surface area (TPSA) is 113 Å². The Balaban J connectivity index is 2.49. The van der Waals surface area contributed by atoms with Gasteiger partial charge in [0.15, 0.2) is 0 Å². The van der Waals surface area contributed by atoms with Gasteiger partial charge in [-0.05, 0) is 30.3 Å². The Bertz CT molecular complexity index is 764. The molecule has 1 N–H and O–H groups in total. The number of para-hydroxylation sites is 1. The van der Waals surface area contributed by atoms with Gasteiger partial charge in [-0.15, -0.1) is 0 Å². The van der Waals surface area contributed by atoms with E-state index in [1.165, 1.54) is 24.3 Å². The van der Waals surface area contributed by atoms with E-state index in [2.05, 4.69) is 0 Å². The van der Waals surface area contributed by atoms with Crippen molar-refractivity contribution in [1.29, 1.82) is 5.26 Å². The predicted octanol–water partition coefficient (Wildman–Crippen LogP) is 2.96. The number of aromatic carboxylic acids is 1. The lowest BCUT2D eigenvalue weighted by molar-refractivity contribution is -0.386. The molecule has 7 heteroatoms. The molecule has 0 spiro atoms. The summed E-state index contributed by atoms with van der Waals surface area (Å²) in [5.41, 5.74) is -0.772. The number of nitro benzene ring substituents is 1. The average molecular weight is 284 g/mol. The first-order valence-corrected chi connectivity index (χ1v) is 5.71. The Morgan fingerprint density at radius 2 is 2.00 bits per heavy atom. The van der Waals surface area contributed by atoms with E-state index < -0.39 is 22.1 Å². The number of rotatable bonds is 4. The van der Waals surface area contributed by atoms with Crippen LogP contribution in [0, 0.1) is 21.4 Å². The molecule has 0 atom stereocenters. The minimum Gasteiger partial charge on any atom is -0.477 e. The van der Waals surface area contributed by atoms with E-state index in [4.69, 9.17) is 15.1 Å². The molecule has 0 amide bonds. The summed E-state index contributed by atoms with van der Waals surface area (Å²) in [5, 5.41) is 28.9. The second-order valence-corrected chi connectivity index (χ2v) is 3.96. The molecule has 0 aliphatic carbocycles. The van der Waals surface area contributed by atoms with Crippen molar-refractivity contribution in [2.45, 2.75) is 0 Å². The number of hydrogen-bond donors (Lipinski definition) is 1. The van der Waals surface area contributed by atoms with E-state index in [0.717, 1.165) is 6.07 Å². The Morgan fingerprint density at radius 3 is 2.62 bits per heavy atom. The van der Waals surface area contributed by atoms with Crippen LogP contribution < -0.4 is 4.74 Å². The minimum absolute atomic E-state index is 0.199. The zero-order valence-corrected chi connectivity index (χ0v) is 10.5. The number of nitro groups is 1. The van der Waals surface area contributed by atoms with Gasteiger partial charge >= 0.3 is 11.7 Å². The number of benzene rings is 2. The molecule has 7 nitrogen and oxygen atoms in total. The van der Waals surface area contributed by atoms with Gasteiger partial charge in [-0.2, -0.15) is 5.26 Å². The van der Waals surface area contributed by atoms with E-state index in [0.29, 0.717) is 5.56 Å². The summed E-state index contributed by atoms with van der Waals surface area (Å²) in [5.74, 6) is -1.41. The van der Waals surface area contributed by atoms with Gasteiger partial charge in [0, 0.05) is 0 Å². The third kappa shape index (κ3) is 2.96. The molecule has 0 unspecified atom stereocenters. The lowest BCUT2D eigenvalue weighted by Gasteiger charge is -2.07. The average Bonchev–Trinajstić information content (AvgIpc) is 2.46. The first-order valence-electron chi connectivity index (χ1n) is 5.71. The monoisotopic (exact) mass is 284 g/mol. The van der Waals surface area contributed by atoms with Crippen LogP contribution in [0.5, 0.6) is 11.5 Å². The molecular weight excluding hydrogens is 276 g/mol. The summed E-state index contributed by atoms with van der Waals surface area (Å²) in [4.78, 5) is 21.3. The SMILES string of the molecule is N#Cc1cccc(Oc2cccc(C(=O)O)c2[N+](=O)[O-])c1. The number of hydrogen-bond acceptors (Lipinski definition) is 5. The fourth-order valence-corrected chi connectivity index (χ4v) is 1.72. The number of nitriles is 1. The second-order valence-electron chi connectivity index (χ2n) is 3.96. The van der Waals surface area contributed by atoms with Gasteiger partial charge in [0.2, 0.25) is 5.75 Å². The van der Waals surface area contributed by atoms with Crippen molar-refractivity contribution >= 4 is 11.7 Å². The fourth-order valence-electron chi connectivity index (χ4n) is 1.72. The van der Waals surface area contributed by atoms with Crippen molar-refractivity contribution in [2.75, 3.05) is 0 Å². The lowest BCUT2D eigenvalue weighted by Crippen LogP contribution is -2.04. The first kappa shape index (κ1) is 14.0. The van der Waals surface area contributed by atoms with Gasteiger partial charge in [-0.3, -0.25) is 10.1 Å². The number of carbonyl (C=O) groups is 1. The smallest absolute Gasteiger partial charge is 0.342 e. The van der Waals surface area contributed by atoms with Crippen molar-refractivity contribution in [3.63, 3.8) is 0 Å². The maximum atomic E-state index is 11.1. The maximum Gasteiger partial charge on any atom is 0.342 e. The quantitative estimate of drug-likeness (QED) is 0.682. The highest BCUT2D eigenvalue weighted by Gasteiger charge is 2.25. The highest BCUT2D eigenvalue weighted by atomic mass is 16.6. The van der Waals surface area contributed by atoms with Crippen molar-refractivity contribution in [1.82, 2.24) is 0 Å². The zero-order valence-electron chi connectivity index (χ0n) is 10.5. The Labute approximate surface area is 118 Å². The third-order valence-electron chi connectivity index (χ3n) is 2.60. The van der Waals surface area contributed by atoms with Gasteiger partial charge in [-0.1, -0.05) is 12.1 Å². The van der Waals surface area contributed by atoms with E-state index in [9.17, 15) is 14.9 Å². The summed E-state index contributed by atoms with van der Waals surface area (Å²) >= 11 is 0. The summed E-state index contributed by atoms with van der Waals surface area (Å²) in [6.07, 6.45) is 0. The molecule has 0 aliphatic rings. The van der Waals surface area contributed by atoms with Crippen LogP contribution in [0.15, 0.2) is 42.5 Å². The molecule has 0 aliphatic heterocycles. The second kappa shape index (κ2) is 5.71. The molecule has 0 radical (unpaired) electrons. The first-order chi connectivity index (χ1) is 10.0. The van der Waals surface area contributed by atoms with Crippen LogP contribution in [-0.2, 0) is 0 Å². The highest BCUT2D eigenvalue weighted by molar-refractivity contribution is 5.93. The molecule has 0 saturated carbocycles. The normalized spacial score (nSPS) is 9.67. The van der Waals surface area contributed by atoms with E-state index >= 15 is 0 Å². The largest absolute Gasteiger partial charge is 0.477 e. The van der Waals surface area contributed by atoms with Crippen molar-refractivity contribution in [3.05, 3.63) is 63.7 Å². The molecule has 2 aromatic rings. The number of carboxylic acids is 1. The zero-order chi connectivity index (χ0) is 15.4. The van der Waals surface area contributed by atoms with Gasteiger partial charge in [0.25, 0.3) is 0 Å². The van der Waals surface area contributed by atoms with Crippen molar-refractivity contribution in [3.8, 4) is 17.6 Å². The molecule has 0 fully saturated rings. The molecular formula is C14H8N2O5. The molecule has 0 bridgehead atoms. The molecule has 0 aromatic heterocycles. The molecule has 21 heavy (non-hydrogen) atoms. The third-order valence-corrected chi connectivity index (χ3v) is 2.60. The van der Waals surface area contributed by atoms with Gasteiger partial charge in [0.1, 0.15) is 11.3 Å². The summed E-state index contributed by atoms with van der Waals surface area (Å²) in [7, 11) is 0. The van der Waals surface area contributed by atoms with Crippen LogP contribution in [0.25, 0.3) is 0 Å². The summed E-state index contributed by atoms with van der Waals surface area (Å²) < 4.78 is 5.35. The van der Waals surface area contributed by atoms with Crippen LogP contribution in [0.3, 0.4) is 0 Å². The van der Waals surface area contributed by atoms with Gasteiger partial charge in [0.05, 0.1) is 16.6 Å². The predicted molar refractivity (Wildman–Crippen MR) is 71.3 cm³/mol. The van der Waals surface area contributed by atoms with Crippen molar-refractivity contribution in [2.24, 2.45) is 0 Å².